The Morgan fingerprint density at radius 3 is 2.50 bits per heavy atom. The third kappa shape index (κ3) is 2.20. The van der Waals surface area contributed by atoms with Gasteiger partial charge < -0.3 is 15.2 Å². The van der Waals surface area contributed by atoms with E-state index in [-0.39, 0.29) is 13.2 Å². The second kappa shape index (κ2) is 4.43. The minimum absolute atomic E-state index is 0.284. The van der Waals surface area contributed by atoms with Crippen LogP contribution in [0.2, 0.25) is 0 Å². The molecular weight excluding hydrogens is 274 g/mol. The highest BCUT2D eigenvalue weighted by Gasteiger charge is 2.46. The standard InChI is InChI=1S/C11H12BrNO3/c12-8-1-3-9(4-2-8)13-5-11(10(14)15)6-16-7-11/h1-4,13H,5-7H2,(H,14,15). The van der Waals surface area contributed by atoms with Gasteiger partial charge in [-0.05, 0) is 24.3 Å². The van der Waals surface area contributed by atoms with Gasteiger partial charge in [-0.3, -0.25) is 4.79 Å². The summed E-state index contributed by atoms with van der Waals surface area (Å²) in [6.07, 6.45) is 0. The van der Waals surface area contributed by atoms with Crippen LogP contribution in [0.15, 0.2) is 28.7 Å². The number of rotatable bonds is 4. The molecule has 0 atom stereocenters. The number of hydrogen-bond acceptors (Lipinski definition) is 3. The van der Waals surface area contributed by atoms with Gasteiger partial charge in [-0.25, -0.2) is 0 Å². The molecule has 1 heterocycles. The Morgan fingerprint density at radius 1 is 1.44 bits per heavy atom. The molecule has 0 spiro atoms. The van der Waals surface area contributed by atoms with E-state index >= 15 is 0 Å². The van der Waals surface area contributed by atoms with Crippen LogP contribution in [0.1, 0.15) is 0 Å². The number of ether oxygens (including phenoxy) is 1. The lowest BCUT2D eigenvalue weighted by atomic mass is 9.86. The molecule has 1 aliphatic heterocycles. The average Bonchev–Trinajstić information content (AvgIpc) is 2.18. The van der Waals surface area contributed by atoms with E-state index in [1.165, 1.54) is 0 Å². The zero-order valence-electron chi connectivity index (χ0n) is 8.57. The minimum Gasteiger partial charge on any atom is -0.481 e. The number of nitrogens with one attached hydrogen (secondary N) is 1. The monoisotopic (exact) mass is 285 g/mol. The van der Waals surface area contributed by atoms with Crippen LogP contribution in [0.4, 0.5) is 5.69 Å². The Bertz CT molecular complexity index is 387. The molecule has 0 unspecified atom stereocenters. The van der Waals surface area contributed by atoms with Crippen molar-refractivity contribution in [3.8, 4) is 0 Å². The van der Waals surface area contributed by atoms with Crippen molar-refractivity contribution in [3.05, 3.63) is 28.7 Å². The van der Waals surface area contributed by atoms with Gasteiger partial charge in [0.1, 0.15) is 5.41 Å². The highest BCUT2D eigenvalue weighted by Crippen LogP contribution is 2.28. The van der Waals surface area contributed by atoms with Crippen molar-refractivity contribution >= 4 is 27.6 Å². The summed E-state index contributed by atoms with van der Waals surface area (Å²) in [5.74, 6) is -0.802. The van der Waals surface area contributed by atoms with Crippen molar-refractivity contribution in [2.75, 3.05) is 25.1 Å². The number of anilines is 1. The molecule has 0 amide bonds. The van der Waals surface area contributed by atoms with Gasteiger partial charge in [0.15, 0.2) is 0 Å². The fourth-order valence-electron chi connectivity index (χ4n) is 1.49. The van der Waals surface area contributed by atoms with Crippen molar-refractivity contribution in [1.82, 2.24) is 0 Å². The van der Waals surface area contributed by atoms with Gasteiger partial charge in [-0.2, -0.15) is 0 Å². The van der Waals surface area contributed by atoms with Gasteiger partial charge in [-0.15, -0.1) is 0 Å². The smallest absolute Gasteiger partial charge is 0.316 e. The Balaban J connectivity index is 1.96. The molecule has 1 aliphatic rings. The number of carboxylic acids is 1. The molecule has 0 radical (unpaired) electrons. The van der Waals surface area contributed by atoms with E-state index in [2.05, 4.69) is 21.2 Å². The molecule has 4 nitrogen and oxygen atoms in total. The van der Waals surface area contributed by atoms with Gasteiger partial charge in [0.2, 0.25) is 0 Å². The van der Waals surface area contributed by atoms with Crippen molar-refractivity contribution in [1.29, 1.82) is 0 Å². The summed E-state index contributed by atoms with van der Waals surface area (Å²) in [5.41, 5.74) is 0.156. The summed E-state index contributed by atoms with van der Waals surface area (Å²) in [6, 6.07) is 7.62. The van der Waals surface area contributed by atoms with Crippen LogP contribution in [-0.2, 0) is 9.53 Å². The fraction of sp³-hybridized carbons (Fsp3) is 0.364. The Hall–Kier alpha value is -1.07. The van der Waals surface area contributed by atoms with Crippen LogP contribution in [0.5, 0.6) is 0 Å². The molecule has 0 aliphatic carbocycles. The van der Waals surface area contributed by atoms with E-state index in [0.29, 0.717) is 6.54 Å². The summed E-state index contributed by atoms with van der Waals surface area (Å²) in [6.45, 7) is 0.960. The lowest BCUT2D eigenvalue weighted by Crippen LogP contribution is -2.53. The Labute approximate surface area is 102 Å². The van der Waals surface area contributed by atoms with Gasteiger partial charge in [-0.1, -0.05) is 15.9 Å². The normalized spacial score (nSPS) is 17.6. The molecule has 1 aromatic carbocycles. The number of aliphatic carboxylic acids is 1. The van der Waals surface area contributed by atoms with Crippen LogP contribution in [0.3, 0.4) is 0 Å². The first-order chi connectivity index (χ1) is 7.62. The van der Waals surface area contributed by atoms with E-state index in [0.717, 1.165) is 10.2 Å². The van der Waals surface area contributed by atoms with Crippen LogP contribution >= 0.6 is 15.9 Å². The Morgan fingerprint density at radius 2 is 2.06 bits per heavy atom. The van der Waals surface area contributed by atoms with Crippen LogP contribution < -0.4 is 5.32 Å². The first kappa shape index (κ1) is 11.4. The zero-order valence-corrected chi connectivity index (χ0v) is 10.2. The summed E-state index contributed by atoms with van der Waals surface area (Å²) in [7, 11) is 0. The maximum atomic E-state index is 11.1. The number of halogens is 1. The molecule has 1 saturated heterocycles. The highest BCUT2D eigenvalue weighted by molar-refractivity contribution is 9.10. The number of carbonyl (C=O) groups is 1. The second-order valence-corrected chi connectivity index (χ2v) is 4.85. The molecule has 16 heavy (non-hydrogen) atoms. The predicted octanol–water partition coefficient (Wildman–Crippen LogP) is 1.96. The first-order valence-electron chi connectivity index (χ1n) is 4.93. The number of hydrogen-bond donors (Lipinski definition) is 2. The lowest BCUT2D eigenvalue weighted by molar-refractivity contribution is -0.176. The molecule has 0 saturated carbocycles. The largest absolute Gasteiger partial charge is 0.481 e. The van der Waals surface area contributed by atoms with Crippen LogP contribution in [-0.4, -0.2) is 30.8 Å². The maximum absolute atomic E-state index is 11.1. The summed E-state index contributed by atoms with van der Waals surface area (Å²) >= 11 is 3.34. The SMILES string of the molecule is O=C(O)C1(CNc2ccc(Br)cc2)COC1. The molecule has 1 fully saturated rings. The van der Waals surface area contributed by atoms with Crippen molar-refractivity contribution < 1.29 is 14.6 Å². The molecule has 0 bridgehead atoms. The van der Waals surface area contributed by atoms with E-state index in [4.69, 9.17) is 9.84 Å². The maximum Gasteiger partial charge on any atom is 0.316 e. The summed E-state index contributed by atoms with van der Waals surface area (Å²) in [5, 5.41) is 12.2. The van der Waals surface area contributed by atoms with E-state index < -0.39 is 11.4 Å². The highest BCUT2D eigenvalue weighted by atomic mass is 79.9. The molecule has 1 aromatic rings. The van der Waals surface area contributed by atoms with Crippen LogP contribution in [0.25, 0.3) is 0 Å². The minimum atomic E-state index is -0.802. The summed E-state index contributed by atoms with van der Waals surface area (Å²) in [4.78, 5) is 11.1. The molecule has 2 rings (SSSR count). The van der Waals surface area contributed by atoms with Crippen molar-refractivity contribution in [2.45, 2.75) is 0 Å². The molecule has 86 valence electrons. The predicted molar refractivity (Wildman–Crippen MR) is 63.5 cm³/mol. The van der Waals surface area contributed by atoms with Gasteiger partial charge in [0.05, 0.1) is 13.2 Å². The summed E-state index contributed by atoms with van der Waals surface area (Å²) < 4.78 is 5.98. The fourth-order valence-corrected chi connectivity index (χ4v) is 1.75. The topological polar surface area (TPSA) is 58.6 Å². The molecule has 0 aromatic heterocycles. The van der Waals surface area contributed by atoms with Crippen molar-refractivity contribution in [3.63, 3.8) is 0 Å². The average molecular weight is 286 g/mol. The van der Waals surface area contributed by atoms with E-state index in [9.17, 15) is 4.79 Å². The number of carboxylic acid groups (broad SMARTS) is 1. The third-order valence-corrected chi connectivity index (χ3v) is 3.21. The Kier molecular flexibility index (Phi) is 3.16. The second-order valence-electron chi connectivity index (χ2n) is 3.94. The lowest BCUT2D eigenvalue weighted by Gasteiger charge is -2.37. The number of benzene rings is 1. The zero-order chi connectivity index (χ0) is 11.6. The van der Waals surface area contributed by atoms with E-state index in [1.807, 2.05) is 24.3 Å². The molecule has 5 heteroatoms. The van der Waals surface area contributed by atoms with E-state index in [1.54, 1.807) is 0 Å². The van der Waals surface area contributed by atoms with Gasteiger partial charge in [0, 0.05) is 16.7 Å². The van der Waals surface area contributed by atoms with Crippen LogP contribution in [0, 0.1) is 5.41 Å². The molecular formula is C11H12BrNO3. The molecule has 2 N–H and O–H groups in total. The third-order valence-electron chi connectivity index (χ3n) is 2.69. The van der Waals surface area contributed by atoms with Gasteiger partial charge in [0.25, 0.3) is 0 Å². The van der Waals surface area contributed by atoms with Gasteiger partial charge >= 0.3 is 5.97 Å². The first-order valence-corrected chi connectivity index (χ1v) is 5.72. The van der Waals surface area contributed by atoms with Crippen molar-refractivity contribution in [2.24, 2.45) is 5.41 Å². The quantitative estimate of drug-likeness (QED) is 0.888.